The van der Waals surface area contributed by atoms with Gasteiger partial charge in [-0.05, 0) is 18.6 Å². The van der Waals surface area contributed by atoms with Crippen LogP contribution in [0.15, 0.2) is 30.5 Å². The molecule has 0 amide bonds. The largest absolute Gasteiger partial charge is 0.465 e. The van der Waals surface area contributed by atoms with Gasteiger partial charge < -0.3 is 4.74 Å². The molecule has 0 saturated carbocycles. The molecule has 59 valence electrons. The van der Waals surface area contributed by atoms with Gasteiger partial charge >= 0.3 is 0 Å². The molecule has 0 aromatic heterocycles. The maximum absolute atomic E-state index is 10.5. The zero-order chi connectivity index (χ0) is 8.39. The Morgan fingerprint density at radius 2 is 2.33 bits per heavy atom. The van der Waals surface area contributed by atoms with Gasteiger partial charge in [-0.3, -0.25) is 4.79 Å². The number of fused-ring (bicyclic) bond motifs is 1. The summed E-state index contributed by atoms with van der Waals surface area (Å²) in [5.74, 6) is 0.762. The molecule has 0 unspecified atom stereocenters. The van der Waals surface area contributed by atoms with Gasteiger partial charge in [0, 0.05) is 11.1 Å². The highest BCUT2D eigenvalue weighted by atomic mass is 16.5. The molecule has 1 aliphatic heterocycles. The minimum absolute atomic E-state index is 0.594. The number of hydrogen-bond acceptors (Lipinski definition) is 2. The highest BCUT2D eigenvalue weighted by molar-refractivity contribution is 5.79. The van der Waals surface area contributed by atoms with E-state index >= 15 is 0 Å². The lowest BCUT2D eigenvalue weighted by Gasteiger charge is -2.12. The Bertz CT molecular complexity index is 340. The van der Waals surface area contributed by atoms with Crippen LogP contribution in [0.4, 0.5) is 0 Å². The van der Waals surface area contributed by atoms with E-state index < -0.39 is 0 Å². The number of rotatable bonds is 1. The van der Waals surface area contributed by atoms with E-state index in [1.165, 1.54) is 0 Å². The van der Waals surface area contributed by atoms with Crippen LogP contribution in [0.2, 0.25) is 0 Å². The Morgan fingerprint density at radius 3 is 3.17 bits per heavy atom. The predicted octanol–water partition coefficient (Wildman–Crippen LogP) is 1.59. The van der Waals surface area contributed by atoms with Crippen LogP contribution < -0.4 is 4.74 Å². The van der Waals surface area contributed by atoms with Gasteiger partial charge in [-0.1, -0.05) is 12.1 Å². The third-order valence-electron chi connectivity index (χ3n) is 1.86. The zero-order valence-electron chi connectivity index (χ0n) is 6.41. The molecule has 2 nitrogen and oxygen atoms in total. The Hall–Kier alpha value is -1.57. The van der Waals surface area contributed by atoms with Gasteiger partial charge in [0.25, 0.3) is 0 Å². The van der Waals surface area contributed by atoms with Crippen LogP contribution in [-0.2, 0) is 11.2 Å². The molecule has 2 heteroatoms. The third-order valence-corrected chi connectivity index (χ3v) is 1.86. The Morgan fingerprint density at radius 1 is 1.42 bits per heavy atom. The van der Waals surface area contributed by atoms with E-state index in [-0.39, 0.29) is 0 Å². The third kappa shape index (κ3) is 1.01. The smallest absolute Gasteiger partial charge is 0.233 e. The molecule has 12 heavy (non-hydrogen) atoms. The van der Waals surface area contributed by atoms with Crippen LogP contribution in [0.25, 0.3) is 0 Å². The van der Waals surface area contributed by atoms with Gasteiger partial charge in [-0.2, -0.15) is 0 Å². The van der Waals surface area contributed by atoms with E-state index in [9.17, 15) is 4.79 Å². The SMILES string of the molecule is O=[C]c1cccc2c1CC=CO2. The van der Waals surface area contributed by atoms with E-state index in [0.717, 1.165) is 17.7 Å². The lowest BCUT2D eigenvalue weighted by molar-refractivity contribution is 0.464. The lowest BCUT2D eigenvalue weighted by Crippen LogP contribution is -2.00. The molecule has 1 aromatic rings. The fourth-order valence-electron chi connectivity index (χ4n) is 1.27. The summed E-state index contributed by atoms with van der Waals surface area (Å²) in [7, 11) is 0. The zero-order valence-corrected chi connectivity index (χ0v) is 6.41. The monoisotopic (exact) mass is 159 g/mol. The van der Waals surface area contributed by atoms with Crippen molar-refractivity contribution in [1.82, 2.24) is 0 Å². The van der Waals surface area contributed by atoms with E-state index in [1.54, 1.807) is 18.4 Å². The minimum atomic E-state index is 0.594. The molecule has 0 spiro atoms. The molecule has 2 rings (SSSR count). The lowest BCUT2D eigenvalue weighted by atomic mass is 10.0. The first-order valence-corrected chi connectivity index (χ1v) is 3.73. The maximum atomic E-state index is 10.5. The van der Waals surface area contributed by atoms with Crippen LogP contribution in [0.3, 0.4) is 0 Å². The molecule has 1 heterocycles. The van der Waals surface area contributed by atoms with E-state index in [0.29, 0.717) is 5.56 Å². The molecular weight excluding hydrogens is 152 g/mol. The number of benzene rings is 1. The number of allylic oxidation sites excluding steroid dienone is 1. The highest BCUT2D eigenvalue weighted by Gasteiger charge is 2.10. The first-order chi connectivity index (χ1) is 5.92. The van der Waals surface area contributed by atoms with Crippen LogP contribution in [0, 0.1) is 0 Å². The van der Waals surface area contributed by atoms with Crippen molar-refractivity contribution >= 4 is 6.29 Å². The van der Waals surface area contributed by atoms with Crippen molar-refractivity contribution in [3.05, 3.63) is 41.7 Å². The van der Waals surface area contributed by atoms with Gasteiger partial charge in [0.15, 0.2) is 0 Å². The molecule has 0 atom stereocenters. The molecule has 0 aliphatic carbocycles. The molecule has 0 saturated heterocycles. The van der Waals surface area contributed by atoms with E-state index in [4.69, 9.17) is 4.74 Å². The second-order valence-electron chi connectivity index (χ2n) is 2.58. The highest BCUT2D eigenvalue weighted by Crippen LogP contribution is 2.25. The number of hydrogen-bond donors (Lipinski definition) is 0. The Kier molecular flexibility index (Phi) is 1.67. The average Bonchev–Trinajstić information content (AvgIpc) is 2.17. The van der Waals surface area contributed by atoms with Gasteiger partial charge in [0.1, 0.15) is 5.75 Å². The quantitative estimate of drug-likeness (QED) is 0.622. The summed E-state index contributed by atoms with van der Waals surface area (Å²) in [6.07, 6.45) is 6.16. The second kappa shape index (κ2) is 2.81. The van der Waals surface area contributed by atoms with Gasteiger partial charge in [-0.25, -0.2) is 0 Å². The molecule has 1 aliphatic rings. The van der Waals surface area contributed by atoms with Crippen molar-refractivity contribution in [2.75, 3.05) is 0 Å². The average molecular weight is 159 g/mol. The summed E-state index contributed by atoms with van der Waals surface area (Å²) >= 11 is 0. The summed E-state index contributed by atoms with van der Waals surface area (Å²) in [6, 6.07) is 5.38. The fraction of sp³-hybridized carbons (Fsp3) is 0.100. The van der Waals surface area contributed by atoms with Crippen molar-refractivity contribution in [3.63, 3.8) is 0 Å². The molecule has 0 N–H and O–H groups in total. The summed E-state index contributed by atoms with van der Waals surface area (Å²) in [6.45, 7) is 0. The Balaban J connectivity index is 2.55. The predicted molar refractivity (Wildman–Crippen MR) is 44.7 cm³/mol. The fourth-order valence-corrected chi connectivity index (χ4v) is 1.27. The van der Waals surface area contributed by atoms with Crippen molar-refractivity contribution < 1.29 is 9.53 Å². The molecule has 1 radical (unpaired) electrons. The summed E-state index contributed by atoms with van der Waals surface area (Å²) in [5, 5.41) is 0. The normalized spacial score (nSPS) is 13.3. The summed E-state index contributed by atoms with van der Waals surface area (Å²) in [4.78, 5) is 10.5. The minimum Gasteiger partial charge on any atom is -0.465 e. The molecule has 0 bridgehead atoms. The summed E-state index contributed by atoms with van der Waals surface area (Å²) in [5.41, 5.74) is 1.52. The molecular formula is C10H7O2. The second-order valence-corrected chi connectivity index (χ2v) is 2.58. The van der Waals surface area contributed by atoms with Crippen molar-refractivity contribution in [3.8, 4) is 5.75 Å². The van der Waals surface area contributed by atoms with E-state index in [1.807, 2.05) is 18.4 Å². The maximum Gasteiger partial charge on any atom is 0.233 e. The topological polar surface area (TPSA) is 26.3 Å². The van der Waals surface area contributed by atoms with Gasteiger partial charge in [0.2, 0.25) is 6.29 Å². The van der Waals surface area contributed by atoms with Crippen LogP contribution in [0.5, 0.6) is 5.75 Å². The molecule has 1 aromatic carbocycles. The van der Waals surface area contributed by atoms with E-state index in [2.05, 4.69) is 0 Å². The van der Waals surface area contributed by atoms with Crippen LogP contribution in [0.1, 0.15) is 11.1 Å². The van der Waals surface area contributed by atoms with Crippen molar-refractivity contribution in [2.24, 2.45) is 0 Å². The first-order valence-electron chi connectivity index (χ1n) is 3.73. The van der Waals surface area contributed by atoms with Gasteiger partial charge in [0.05, 0.1) is 6.26 Å². The number of carbonyl (C=O) groups excluding carboxylic acids is 1. The summed E-state index contributed by atoms with van der Waals surface area (Å²) < 4.78 is 5.21. The first kappa shape index (κ1) is 7.10. The molecule has 0 fully saturated rings. The standard InChI is InChI=1S/C10H7O2/c11-7-8-3-1-5-10-9(8)4-2-6-12-10/h1-3,5-6H,4H2. The Labute approximate surface area is 70.5 Å². The van der Waals surface area contributed by atoms with Gasteiger partial charge in [-0.15, -0.1) is 0 Å². The van der Waals surface area contributed by atoms with Crippen LogP contribution >= 0.6 is 0 Å². The van der Waals surface area contributed by atoms with Crippen LogP contribution in [-0.4, -0.2) is 6.29 Å². The van der Waals surface area contributed by atoms with Crippen molar-refractivity contribution in [1.29, 1.82) is 0 Å². The van der Waals surface area contributed by atoms with Crippen molar-refractivity contribution in [2.45, 2.75) is 6.42 Å². The number of ether oxygens (including phenoxy) is 1.